The van der Waals surface area contributed by atoms with Gasteiger partial charge in [0.15, 0.2) is 0 Å². The molecule has 62 valence electrons. The lowest BCUT2D eigenvalue weighted by Gasteiger charge is -2.00. The highest BCUT2D eigenvalue weighted by Crippen LogP contribution is 2.06. The number of hydrogen-bond acceptors (Lipinski definition) is 2. The van der Waals surface area contributed by atoms with E-state index in [0.717, 1.165) is 5.56 Å². The average molecular weight is 161 g/mol. The molecule has 0 aliphatic heterocycles. The minimum atomic E-state index is 0.00343. The van der Waals surface area contributed by atoms with Crippen LogP contribution in [-0.4, -0.2) is 10.8 Å². The molecule has 0 fully saturated rings. The van der Waals surface area contributed by atoms with Gasteiger partial charge in [-0.1, -0.05) is 18.2 Å². The molecule has 3 nitrogen and oxygen atoms in total. The Morgan fingerprint density at radius 2 is 2.42 bits per heavy atom. The third-order valence-electron chi connectivity index (χ3n) is 1.44. The van der Waals surface area contributed by atoms with Crippen LogP contribution in [0.15, 0.2) is 24.4 Å². The van der Waals surface area contributed by atoms with Crippen molar-refractivity contribution in [1.82, 2.24) is 4.98 Å². The van der Waals surface area contributed by atoms with Gasteiger partial charge in [0.2, 0.25) is 0 Å². The number of amidine groups is 1. The number of pyridine rings is 1. The predicted octanol–water partition coefficient (Wildman–Crippen LogP) is 1.40. The number of allylic oxidation sites excluding steroid dienone is 1. The van der Waals surface area contributed by atoms with Gasteiger partial charge in [-0.15, -0.1) is 0 Å². The molecule has 0 aromatic carbocycles. The lowest BCUT2D eigenvalue weighted by molar-refractivity contribution is 1.24. The van der Waals surface area contributed by atoms with Crippen molar-refractivity contribution in [3.05, 3.63) is 35.7 Å². The third kappa shape index (κ3) is 1.69. The summed E-state index contributed by atoms with van der Waals surface area (Å²) in [5.74, 6) is 0.00343. The fourth-order valence-electron chi connectivity index (χ4n) is 0.957. The molecule has 12 heavy (non-hydrogen) atoms. The lowest BCUT2D eigenvalue weighted by Crippen LogP contribution is -2.14. The lowest BCUT2D eigenvalue weighted by atomic mass is 10.1. The molecular formula is C9H11N3. The van der Waals surface area contributed by atoms with Crippen molar-refractivity contribution in [2.45, 2.75) is 6.92 Å². The zero-order valence-electron chi connectivity index (χ0n) is 6.91. The molecule has 0 aliphatic carbocycles. The molecule has 1 aromatic rings. The van der Waals surface area contributed by atoms with Gasteiger partial charge >= 0.3 is 0 Å². The summed E-state index contributed by atoms with van der Waals surface area (Å²) in [5, 5.41) is 7.24. The van der Waals surface area contributed by atoms with E-state index in [-0.39, 0.29) is 5.84 Å². The second-order valence-corrected chi connectivity index (χ2v) is 2.35. The van der Waals surface area contributed by atoms with E-state index in [1.807, 2.05) is 31.2 Å². The quantitative estimate of drug-likeness (QED) is 0.508. The Balaban J connectivity index is 3.17. The van der Waals surface area contributed by atoms with E-state index in [1.165, 1.54) is 0 Å². The van der Waals surface area contributed by atoms with E-state index in [9.17, 15) is 0 Å². The van der Waals surface area contributed by atoms with Gasteiger partial charge in [-0.2, -0.15) is 0 Å². The highest BCUT2D eigenvalue weighted by atomic mass is 14.8. The van der Waals surface area contributed by atoms with Crippen LogP contribution in [0.5, 0.6) is 0 Å². The summed E-state index contributed by atoms with van der Waals surface area (Å²) in [4.78, 5) is 4.00. The fraction of sp³-hybridized carbons (Fsp3) is 0.111. The number of nitrogen functional groups attached to an aromatic ring is 1. The van der Waals surface area contributed by atoms with Crippen LogP contribution < -0.4 is 5.73 Å². The molecule has 1 aromatic heterocycles. The summed E-state index contributed by atoms with van der Waals surface area (Å²) in [5.41, 5.74) is 6.75. The van der Waals surface area contributed by atoms with Gasteiger partial charge in [0.25, 0.3) is 0 Å². The van der Waals surface area contributed by atoms with E-state index in [4.69, 9.17) is 11.1 Å². The number of rotatable bonds is 2. The van der Waals surface area contributed by atoms with Crippen molar-refractivity contribution in [2.75, 3.05) is 0 Å². The summed E-state index contributed by atoms with van der Waals surface area (Å²) in [6.07, 6.45) is 5.40. The molecule has 3 N–H and O–H groups in total. The van der Waals surface area contributed by atoms with Crippen LogP contribution in [0.3, 0.4) is 0 Å². The second-order valence-electron chi connectivity index (χ2n) is 2.35. The second kappa shape index (κ2) is 3.67. The molecule has 0 saturated carbocycles. The normalized spacial score (nSPS) is 10.4. The molecule has 0 radical (unpaired) electrons. The maximum Gasteiger partial charge on any atom is 0.142 e. The fourth-order valence-corrected chi connectivity index (χ4v) is 0.957. The van der Waals surface area contributed by atoms with Gasteiger partial charge < -0.3 is 5.73 Å². The van der Waals surface area contributed by atoms with Gasteiger partial charge in [-0.25, -0.2) is 0 Å². The Bertz CT molecular complexity index is 315. The van der Waals surface area contributed by atoms with Crippen LogP contribution in [0, 0.1) is 5.41 Å². The zero-order chi connectivity index (χ0) is 8.97. The Morgan fingerprint density at radius 3 is 3.00 bits per heavy atom. The van der Waals surface area contributed by atoms with Gasteiger partial charge in [0.1, 0.15) is 11.5 Å². The number of nitrogens with zero attached hydrogens (tertiary/aromatic N) is 1. The monoisotopic (exact) mass is 161 g/mol. The van der Waals surface area contributed by atoms with E-state index in [2.05, 4.69) is 4.98 Å². The van der Waals surface area contributed by atoms with Gasteiger partial charge in [-0.05, 0) is 13.0 Å². The highest BCUT2D eigenvalue weighted by molar-refractivity contribution is 5.96. The number of nitrogens with one attached hydrogen (secondary N) is 1. The summed E-state index contributed by atoms with van der Waals surface area (Å²) >= 11 is 0. The van der Waals surface area contributed by atoms with E-state index in [0.29, 0.717) is 5.69 Å². The summed E-state index contributed by atoms with van der Waals surface area (Å²) in [6, 6.07) is 3.70. The van der Waals surface area contributed by atoms with Crippen molar-refractivity contribution in [2.24, 2.45) is 5.73 Å². The largest absolute Gasteiger partial charge is 0.382 e. The zero-order valence-corrected chi connectivity index (χ0v) is 6.91. The Labute approximate surface area is 71.4 Å². The van der Waals surface area contributed by atoms with E-state index < -0.39 is 0 Å². The molecule has 1 heterocycles. The molecule has 3 heteroatoms. The average Bonchev–Trinajstić information content (AvgIpc) is 2.05. The predicted molar refractivity (Wildman–Crippen MR) is 50.0 cm³/mol. The standard InChI is InChI=1S/C9H11N3/c1-2-4-7-5-3-6-12-8(7)9(10)11/h2-6H,1H3,(H3,10,11)/b4-2-. The Morgan fingerprint density at radius 1 is 1.67 bits per heavy atom. The van der Waals surface area contributed by atoms with E-state index >= 15 is 0 Å². The van der Waals surface area contributed by atoms with Crippen molar-refractivity contribution in [1.29, 1.82) is 5.41 Å². The molecular weight excluding hydrogens is 150 g/mol. The molecule has 0 unspecified atom stereocenters. The Kier molecular flexibility index (Phi) is 2.58. The third-order valence-corrected chi connectivity index (χ3v) is 1.44. The molecule has 0 saturated heterocycles. The van der Waals surface area contributed by atoms with Crippen LogP contribution in [0.25, 0.3) is 6.08 Å². The van der Waals surface area contributed by atoms with Gasteiger partial charge in [0, 0.05) is 11.8 Å². The Hall–Kier alpha value is -1.64. The first-order valence-corrected chi connectivity index (χ1v) is 3.68. The first-order valence-electron chi connectivity index (χ1n) is 3.68. The minimum absolute atomic E-state index is 0.00343. The molecule has 0 atom stereocenters. The van der Waals surface area contributed by atoms with Crippen molar-refractivity contribution >= 4 is 11.9 Å². The first kappa shape index (κ1) is 8.46. The first-order chi connectivity index (χ1) is 5.75. The maximum atomic E-state index is 7.24. The molecule has 0 spiro atoms. The van der Waals surface area contributed by atoms with Crippen molar-refractivity contribution in [3.8, 4) is 0 Å². The van der Waals surface area contributed by atoms with E-state index in [1.54, 1.807) is 6.20 Å². The molecule has 0 amide bonds. The highest BCUT2D eigenvalue weighted by Gasteiger charge is 2.01. The summed E-state index contributed by atoms with van der Waals surface area (Å²) < 4.78 is 0. The van der Waals surface area contributed by atoms with Crippen LogP contribution in [-0.2, 0) is 0 Å². The SMILES string of the molecule is C/C=C\c1cccnc1C(=N)N. The molecule has 0 bridgehead atoms. The van der Waals surface area contributed by atoms with Crippen molar-refractivity contribution in [3.63, 3.8) is 0 Å². The van der Waals surface area contributed by atoms with Crippen molar-refractivity contribution < 1.29 is 0 Å². The smallest absolute Gasteiger partial charge is 0.142 e. The summed E-state index contributed by atoms with van der Waals surface area (Å²) in [6.45, 7) is 1.91. The number of aromatic nitrogens is 1. The van der Waals surface area contributed by atoms with Crippen LogP contribution in [0.2, 0.25) is 0 Å². The van der Waals surface area contributed by atoms with Crippen LogP contribution in [0.1, 0.15) is 18.2 Å². The molecule has 1 rings (SSSR count). The van der Waals surface area contributed by atoms with Gasteiger partial charge in [0.05, 0.1) is 0 Å². The maximum absolute atomic E-state index is 7.24. The topological polar surface area (TPSA) is 62.8 Å². The molecule has 0 aliphatic rings. The number of hydrogen-bond donors (Lipinski definition) is 2. The van der Waals surface area contributed by atoms with Gasteiger partial charge in [-0.3, -0.25) is 10.4 Å². The van der Waals surface area contributed by atoms with Crippen LogP contribution >= 0.6 is 0 Å². The minimum Gasteiger partial charge on any atom is -0.382 e. The summed E-state index contributed by atoms with van der Waals surface area (Å²) in [7, 11) is 0. The number of nitrogens with two attached hydrogens (primary N) is 1. The van der Waals surface area contributed by atoms with Crippen LogP contribution in [0.4, 0.5) is 0 Å².